The normalized spacial score (nSPS) is 11.5. The van der Waals surface area contributed by atoms with Gasteiger partial charge in [0.1, 0.15) is 0 Å². The van der Waals surface area contributed by atoms with Crippen LogP contribution in [0.1, 0.15) is 34.6 Å². The molecule has 0 aromatic rings. The van der Waals surface area contributed by atoms with E-state index in [0.717, 1.165) is 6.54 Å². The van der Waals surface area contributed by atoms with Gasteiger partial charge in [0, 0.05) is 12.1 Å². The predicted octanol–water partition coefficient (Wildman–Crippen LogP) is 1.58. The van der Waals surface area contributed by atoms with E-state index >= 15 is 0 Å². The van der Waals surface area contributed by atoms with Gasteiger partial charge in [-0.3, -0.25) is 9.69 Å². The zero-order chi connectivity index (χ0) is 11.3. The number of carbonyl (C=O) groups is 1. The van der Waals surface area contributed by atoms with Crippen LogP contribution in [0.15, 0.2) is 0 Å². The molecule has 0 aromatic carbocycles. The van der Waals surface area contributed by atoms with Crippen molar-refractivity contribution in [1.82, 2.24) is 9.80 Å². The summed E-state index contributed by atoms with van der Waals surface area (Å²) in [6.45, 7) is 11.7. The highest BCUT2D eigenvalue weighted by Gasteiger charge is 2.20. The summed E-state index contributed by atoms with van der Waals surface area (Å²) in [5.41, 5.74) is 0. The highest BCUT2D eigenvalue weighted by molar-refractivity contribution is 5.78. The van der Waals surface area contributed by atoms with Gasteiger partial charge in [0.2, 0.25) is 5.91 Å². The lowest BCUT2D eigenvalue weighted by molar-refractivity contribution is -0.135. The summed E-state index contributed by atoms with van der Waals surface area (Å²) in [6, 6.07) is 0.570. The predicted molar refractivity (Wildman–Crippen MR) is 60.3 cm³/mol. The lowest BCUT2D eigenvalue weighted by atomic mass is 10.2. The standard InChI is InChI=1S/C11H24N2O/c1-7-12(6)8-11(14)13(9(2)3)10(4)5/h9-10H,7-8H2,1-6H3. The van der Waals surface area contributed by atoms with E-state index < -0.39 is 0 Å². The maximum atomic E-state index is 11.9. The van der Waals surface area contributed by atoms with Crippen LogP contribution in [0.3, 0.4) is 0 Å². The second-order valence-corrected chi connectivity index (χ2v) is 4.32. The Morgan fingerprint density at radius 1 is 1.14 bits per heavy atom. The Balaban J connectivity index is 4.30. The quantitative estimate of drug-likeness (QED) is 0.673. The van der Waals surface area contributed by atoms with Gasteiger partial charge in [0.25, 0.3) is 0 Å². The number of nitrogens with zero attached hydrogens (tertiary/aromatic N) is 2. The average molecular weight is 200 g/mol. The molecule has 1 amide bonds. The molecule has 0 aromatic heterocycles. The molecule has 0 saturated carbocycles. The summed E-state index contributed by atoms with van der Waals surface area (Å²) in [6.07, 6.45) is 0. The van der Waals surface area contributed by atoms with Crippen LogP contribution in [0.2, 0.25) is 0 Å². The van der Waals surface area contributed by atoms with Crippen LogP contribution in [0.4, 0.5) is 0 Å². The third-order valence-corrected chi connectivity index (χ3v) is 2.35. The van der Waals surface area contributed by atoms with Crippen LogP contribution in [0.25, 0.3) is 0 Å². The molecule has 0 fully saturated rings. The van der Waals surface area contributed by atoms with Gasteiger partial charge in [-0.15, -0.1) is 0 Å². The monoisotopic (exact) mass is 200 g/mol. The van der Waals surface area contributed by atoms with Crippen molar-refractivity contribution >= 4 is 5.91 Å². The van der Waals surface area contributed by atoms with Crippen LogP contribution in [0.5, 0.6) is 0 Å². The first kappa shape index (κ1) is 13.4. The van der Waals surface area contributed by atoms with Gasteiger partial charge in [-0.05, 0) is 41.3 Å². The lowest BCUT2D eigenvalue weighted by Gasteiger charge is -2.32. The van der Waals surface area contributed by atoms with Crippen molar-refractivity contribution in [3.8, 4) is 0 Å². The first-order valence-corrected chi connectivity index (χ1v) is 5.39. The van der Waals surface area contributed by atoms with Gasteiger partial charge in [0.05, 0.1) is 6.54 Å². The number of likely N-dealkylation sites (N-methyl/N-ethyl adjacent to an activating group) is 1. The van der Waals surface area contributed by atoms with Gasteiger partial charge in [-0.1, -0.05) is 6.92 Å². The molecule has 0 bridgehead atoms. The molecule has 0 heterocycles. The zero-order valence-corrected chi connectivity index (χ0v) is 10.4. The Morgan fingerprint density at radius 3 is 1.86 bits per heavy atom. The van der Waals surface area contributed by atoms with Crippen molar-refractivity contribution in [2.24, 2.45) is 0 Å². The molecule has 0 N–H and O–H groups in total. The van der Waals surface area contributed by atoms with E-state index in [1.54, 1.807) is 0 Å². The molecule has 0 unspecified atom stereocenters. The topological polar surface area (TPSA) is 23.6 Å². The van der Waals surface area contributed by atoms with Gasteiger partial charge >= 0.3 is 0 Å². The number of hydrogen-bond donors (Lipinski definition) is 0. The molecule has 0 spiro atoms. The fraction of sp³-hybridized carbons (Fsp3) is 0.909. The molecule has 0 rings (SSSR count). The summed E-state index contributed by atoms with van der Waals surface area (Å²) in [7, 11) is 1.97. The van der Waals surface area contributed by atoms with Crippen molar-refractivity contribution in [2.75, 3.05) is 20.1 Å². The number of hydrogen-bond acceptors (Lipinski definition) is 2. The number of rotatable bonds is 5. The summed E-state index contributed by atoms with van der Waals surface area (Å²) < 4.78 is 0. The summed E-state index contributed by atoms with van der Waals surface area (Å²) >= 11 is 0. The van der Waals surface area contributed by atoms with Gasteiger partial charge in [-0.2, -0.15) is 0 Å². The first-order chi connectivity index (χ1) is 6.40. The van der Waals surface area contributed by atoms with Gasteiger partial charge < -0.3 is 4.90 Å². The zero-order valence-electron chi connectivity index (χ0n) is 10.4. The molecule has 0 aliphatic rings. The third kappa shape index (κ3) is 4.09. The molecule has 3 heteroatoms. The van der Waals surface area contributed by atoms with Crippen molar-refractivity contribution in [2.45, 2.75) is 46.7 Å². The molecule has 0 aliphatic carbocycles. The van der Waals surface area contributed by atoms with Crippen molar-refractivity contribution in [1.29, 1.82) is 0 Å². The highest BCUT2D eigenvalue weighted by atomic mass is 16.2. The van der Waals surface area contributed by atoms with Crippen LogP contribution in [-0.4, -0.2) is 47.9 Å². The maximum Gasteiger partial charge on any atom is 0.237 e. The Labute approximate surface area is 88.1 Å². The molecule has 84 valence electrons. The van der Waals surface area contributed by atoms with Crippen LogP contribution < -0.4 is 0 Å². The van der Waals surface area contributed by atoms with Crippen molar-refractivity contribution < 1.29 is 4.79 Å². The lowest BCUT2D eigenvalue weighted by Crippen LogP contribution is -2.46. The summed E-state index contributed by atoms with van der Waals surface area (Å²) in [4.78, 5) is 15.8. The number of amides is 1. The molecule has 0 radical (unpaired) electrons. The largest absolute Gasteiger partial charge is 0.337 e. The van der Waals surface area contributed by atoms with E-state index in [0.29, 0.717) is 6.54 Å². The molecule has 3 nitrogen and oxygen atoms in total. The average Bonchev–Trinajstić information content (AvgIpc) is 2.02. The van der Waals surface area contributed by atoms with E-state index in [4.69, 9.17) is 0 Å². The van der Waals surface area contributed by atoms with Crippen LogP contribution >= 0.6 is 0 Å². The van der Waals surface area contributed by atoms with Gasteiger partial charge in [0.15, 0.2) is 0 Å². The van der Waals surface area contributed by atoms with E-state index in [9.17, 15) is 4.79 Å². The van der Waals surface area contributed by atoms with E-state index in [1.165, 1.54) is 0 Å². The Kier molecular flexibility index (Phi) is 5.77. The minimum Gasteiger partial charge on any atom is -0.337 e. The molecule has 14 heavy (non-hydrogen) atoms. The molecule has 0 aliphatic heterocycles. The first-order valence-electron chi connectivity index (χ1n) is 5.39. The number of carbonyl (C=O) groups excluding carboxylic acids is 1. The fourth-order valence-corrected chi connectivity index (χ4v) is 1.60. The second-order valence-electron chi connectivity index (χ2n) is 4.32. The molecule has 0 atom stereocenters. The minimum atomic E-state index is 0.222. The second kappa shape index (κ2) is 6.02. The Hall–Kier alpha value is -0.570. The Bertz CT molecular complexity index is 170. The fourth-order valence-electron chi connectivity index (χ4n) is 1.60. The van der Waals surface area contributed by atoms with Crippen LogP contribution in [0, 0.1) is 0 Å². The van der Waals surface area contributed by atoms with Crippen molar-refractivity contribution in [3.05, 3.63) is 0 Å². The van der Waals surface area contributed by atoms with E-state index in [1.807, 2.05) is 16.8 Å². The van der Waals surface area contributed by atoms with Gasteiger partial charge in [-0.25, -0.2) is 0 Å². The summed E-state index contributed by atoms with van der Waals surface area (Å²) in [5.74, 6) is 0.222. The van der Waals surface area contributed by atoms with E-state index in [-0.39, 0.29) is 18.0 Å². The smallest absolute Gasteiger partial charge is 0.237 e. The SMILES string of the molecule is CCN(C)CC(=O)N(C(C)C)C(C)C. The molecular weight excluding hydrogens is 176 g/mol. The maximum absolute atomic E-state index is 11.9. The highest BCUT2D eigenvalue weighted by Crippen LogP contribution is 2.05. The third-order valence-electron chi connectivity index (χ3n) is 2.35. The summed E-state index contributed by atoms with van der Waals surface area (Å²) in [5, 5.41) is 0. The van der Waals surface area contributed by atoms with Crippen LogP contribution in [-0.2, 0) is 4.79 Å². The van der Waals surface area contributed by atoms with Crippen molar-refractivity contribution in [3.63, 3.8) is 0 Å². The minimum absolute atomic E-state index is 0.222. The molecule has 0 saturated heterocycles. The Morgan fingerprint density at radius 2 is 1.57 bits per heavy atom. The molecular formula is C11H24N2O. The van der Waals surface area contributed by atoms with E-state index in [2.05, 4.69) is 34.6 Å².